The summed E-state index contributed by atoms with van der Waals surface area (Å²) in [6, 6.07) is 14.7. The van der Waals surface area contributed by atoms with Crippen molar-refractivity contribution in [3.63, 3.8) is 0 Å². The normalized spacial score (nSPS) is 11.8. The summed E-state index contributed by atoms with van der Waals surface area (Å²) in [4.78, 5) is 24.0. The Morgan fingerprint density at radius 2 is 1.88 bits per heavy atom. The van der Waals surface area contributed by atoms with E-state index in [0.29, 0.717) is 11.4 Å². The highest BCUT2D eigenvalue weighted by molar-refractivity contribution is 5.96. The average Bonchev–Trinajstić information content (AvgIpc) is 2.60. The van der Waals surface area contributed by atoms with Gasteiger partial charge in [0.05, 0.1) is 7.11 Å². The lowest BCUT2D eigenvalue weighted by Gasteiger charge is -2.13. The summed E-state index contributed by atoms with van der Waals surface area (Å²) in [5.41, 5.74) is 2.56. The van der Waals surface area contributed by atoms with E-state index in [1.54, 1.807) is 37.5 Å². The minimum Gasteiger partial charge on any atom is -0.497 e. The number of benzene rings is 2. The number of ether oxygens (including phenoxy) is 2. The summed E-state index contributed by atoms with van der Waals surface area (Å²) in [7, 11) is 1.55. The van der Waals surface area contributed by atoms with Crippen molar-refractivity contribution in [2.75, 3.05) is 12.4 Å². The molecule has 0 aliphatic heterocycles. The number of hydrogen-bond acceptors (Lipinski definition) is 4. The second-order valence-corrected chi connectivity index (χ2v) is 5.55. The zero-order chi connectivity index (χ0) is 18.2. The first-order valence-electron chi connectivity index (χ1n) is 7.88. The first-order valence-corrected chi connectivity index (χ1v) is 7.88. The molecular weight excluding hydrogens is 318 g/mol. The summed E-state index contributed by atoms with van der Waals surface area (Å²) in [6.45, 7) is 3.49. The van der Waals surface area contributed by atoms with Crippen LogP contribution in [0, 0.1) is 6.92 Å². The van der Waals surface area contributed by atoms with Gasteiger partial charge in [-0.15, -0.1) is 0 Å². The second-order valence-electron chi connectivity index (χ2n) is 5.55. The Morgan fingerprint density at radius 1 is 1.12 bits per heavy atom. The largest absolute Gasteiger partial charge is 0.497 e. The van der Waals surface area contributed by atoms with E-state index in [4.69, 9.17) is 9.47 Å². The van der Waals surface area contributed by atoms with Gasteiger partial charge in [0.2, 0.25) is 0 Å². The molecule has 130 valence electrons. The molecule has 0 radical (unpaired) electrons. The van der Waals surface area contributed by atoms with Gasteiger partial charge in [-0.3, -0.25) is 4.79 Å². The summed E-state index contributed by atoms with van der Waals surface area (Å²) < 4.78 is 10.2. The number of amides is 1. The van der Waals surface area contributed by atoms with Crippen molar-refractivity contribution >= 4 is 23.6 Å². The fourth-order valence-electron chi connectivity index (χ4n) is 2.15. The average molecular weight is 339 g/mol. The van der Waals surface area contributed by atoms with Gasteiger partial charge in [0, 0.05) is 17.8 Å². The molecule has 2 rings (SSSR count). The first-order chi connectivity index (χ1) is 12.0. The number of carbonyl (C=O) groups excluding carboxylic acids is 2. The van der Waals surface area contributed by atoms with Crippen molar-refractivity contribution in [1.29, 1.82) is 0 Å². The number of rotatable bonds is 6. The predicted molar refractivity (Wildman–Crippen MR) is 97.4 cm³/mol. The van der Waals surface area contributed by atoms with Gasteiger partial charge in [0.1, 0.15) is 5.75 Å². The van der Waals surface area contributed by atoms with E-state index in [-0.39, 0.29) is 0 Å². The summed E-state index contributed by atoms with van der Waals surface area (Å²) in [6.07, 6.45) is 2.05. The fourth-order valence-corrected chi connectivity index (χ4v) is 2.15. The van der Waals surface area contributed by atoms with Gasteiger partial charge in [-0.05, 0) is 37.6 Å². The van der Waals surface area contributed by atoms with Crippen molar-refractivity contribution in [1.82, 2.24) is 0 Å². The number of esters is 1. The maximum absolute atomic E-state index is 12.1. The molecule has 1 amide bonds. The van der Waals surface area contributed by atoms with Crippen LogP contribution >= 0.6 is 0 Å². The lowest BCUT2D eigenvalue weighted by molar-refractivity contribution is -0.148. The van der Waals surface area contributed by atoms with Crippen LogP contribution in [0.1, 0.15) is 18.1 Å². The Balaban J connectivity index is 1.90. The maximum Gasteiger partial charge on any atom is 0.331 e. The molecule has 0 bridgehead atoms. The lowest BCUT2D eigenvalue weighted by Crippen LogP contribution is -2.29. The molecule has 25 heavy (non-hydrogen) atoms. The number of anilines is 1. The van der Waals surface area contributed by atoms with Gasteiger partial charge in [-0.25, -0.2) is 4.79 Å². The van der Waals surface area contributed by atoms with Gasteiger partial charge in [0.15, 0.2) is 6.10 Å². The molecule has 5 nitrogen and oxygen atoms in total. The zero-order valence-electron chi connectivity index (χ0n) is 14.5. The van der Waals surface area contributed by atoms with Crippen LogP contribution in [0.15, 0.2) is 54.6 Å². The smallest absolute Gasteiger partial charge is 0.331 e. The molecule has 1 atom stereocenters. The molecule has 5 heteroatoms. The topological polar surface area (TPSA) is 64.6 Å². The number of methoxy groups -OCH3 is 1. The molecular formula is C20H21NO4. The molecule has 0 unspecified atom stereocenters. The van der Waals surface area contributed by atoms with Gasteiger partial charge in [0.25, 0.3) is 5.91 Å². The number of aryl methyl sites for hydroxylation is 1. The van der Waals surface area contributed by atoms with E-state index in [9.17, 15) is 9.59 Å². The summed E-state index contributed by atoms with van der Waals surface area (Å²) in [5, 5.41) is 2.68. The molecule has 0 heterocycles. The highest BCUT2D eigenvalue weighted by Crippen LogP contribution is 2.17. The summed E-state index contributed by atoms with van der Waals surface area (Å²) in [5.74, 6) is -0.358. The third kappa shape index (κ3) is 5.80. The second kappa shape index (κ2) is 8.68. The van der Waals surface area contributed by atoms with E-state index in [1.807, 2.05) is 31.2 Å². The Morgan fingerprint density at radius 3 is 2.60 bits per heavy atom. The predicted octanol–water partition coefficient (Wildman–Crippen LogP) is 3.59. The van der Waals surface area contributed by atoms with E-state index in [1.165, 1.54) is 13.0 Å². The van der Waals surface area contributed by atoms with Crippen LogP contribution in [-0.2, 0) is 14.3 Å². The maximum atomic E-state index is 12.1. The minimum atomic E-state index is -0.916. The van der Waals surface area contributed by atoms with Gasteiger partial charge in [-0.1, -0.05) is 35.9 Å². The minimum absolute atomic E-state index is 0.412. The first kappa shape index (κ1) is 18.3. The quantitative estimate of drug-likeness (QED) is 0.645. The monoisotopic (exact) mass is 339 g/mol. The molecule has 0 fully saturated rings. The van der Waals surface area contributed by atoms with Crippen molar-refractivity contribution in [3.05, 3.63) is 65.7 Å². The molecule has 0 spiro atoms. The van der Waals surface area contributed by atoms with E-state index < -0.39 is 18.0 Å². The Labute approximate surface area is 147 Å². The molecule has 1 N–H and O–H groups in total. The highest BCUT2D eigenvalue weighted by Gasteiger charge is 2.16. The van der Waals surface area contributed by atoms with Crippen LogP contribution in [0.4, 0.5) is 5.69 Å². The molecule has 0 aromatic heterocycles. The van der Waals surface area contributed by atoms with E-state index >= 15 is 0 Å². The number of hydrogen-bond donors (Lipinski definition) is 1. The molecule has 0 aliphatic carbocycles. The van der Waals surface area contributed by atoms with E-state index in [2.05, 4.69) is 5.32 Å². The van der Waals surface area contributed by atoms with Crippen molar-refractivity contribution in [2.24, 2.45) is 0 Å². The lowest BCUT2D eigenvalue weighted by atomic mass is 10.1. The zero-order valence-corrected chi connectivity index (χ0v) is 14.5. The summed E-state index contributed by atoms with van der Waals surface area (Å²) >= 11 is 0. The highest BCUT2D eigenvalue weighted by atomic mass is 16.5. The van der Waals surface area contributed by atoms with Crippen molar-refractivity contribution < 1.29 is 19.1 Å². The third-order valence-electron chi connectivity index (χ3n) is 3.45. The Kier molecular flexibility index (Phi) is 6.34. The van der Waals surface area contributed by atoms with Gasteiger partial charge >= 0.3 is 5.97 Å². The van der Waals surface area contributed by atoms with Crippen LogP contribution in [-0.4, -0.2) is 25.1 Å². The van der Waals surface area contributed by atoms with Gasteiger partial charge < -0.3 is 14.8 Å². The van der Waals surface area contributed by atoms with Crippen LogP contribution in [0.2, 0.25) is 0 Å². The van der Waals surface area contributed by atoms with Crippen LogP contribution in [0.25, 0.3) is 6.08 Å². The number of carbonyl (C=O) groups is 2. The van der Waals surface area contributed by atoms with Crippen LogP contribution in [0.3, 0.4) is 0 Å². The van der Waals surface area contributed by atoms with Gasteiger partial charge in [-0.2, -0.15) is 0 Å². The molecule has 0 aliphatic rings. The fraction of sp³-hybridized carbons (Fsp3) is 0.200. The third-order valence-corrected chi connectivity index (χ3v) is 3.45. The Bertz CT molecular complexity index is 783. The van der Waals surface area contributed by atoms with E-state index in [0.717, 1.165) is 11.1 Å². The molecule has 0 saturated carbocycles. The SMILES string of the molecule is COc1cccc(NC(=O)[C@@H](C)OC(=O)/C=C/c2cccc(C)c2)c1. The van der Waals surface area contributed by atoms with Crippen molar-refractivity contribution in [3.8, 4) is 5.75 Å². The van der Waals surface area contributed by atoms with Crippen LogP contribution < -0.4 is 10.1 Å². The van der Waals surface area contributed by atoms with Crippen LogP contribution in [0.5, 0.6) is 5.75 Å². The molecule has 0 saturated heterocycles. The number of nitrogens with one attached hydrogen (secondary N) is 1. The molecule has 2 aromatic carbocycles. The Hall–Kier alpha value is -3.08. The standard InChI is InChI=1S/C20H21NO4/c1-14-6-4-7-16(12-14)10-11-19(22)25-15(2)20(23)21-17-8-5-9-18(13-17)24-3/h4-13,15H,1-3H3,(H,21,23)/b11-10+/t15-/m1/s1. The van der Waals surface area contributed by atoms with Crippen molar-refractivity contribution in [2.45, 2.75) is 20.0 Å². The molecule has 2 aromatic rings.